The Balaban J connectivity index is 1.71. The molecule has 2 aromatic carbocycles. The SMILES string of the molecule is C=CC(=O)N1CCN(c2nc(=O)n(-c3c(OC)ncnc3OC)c3c4c(c(Cl)cc23)-c2c(ccc(F)c2F)CO4)[C@@H](C)C1. The van der Waals surface area contributed by atoms with Gasteiger partial charge in [-0.3, -0.25) is 4.79 Å². The number of amides is 1. The van der Waals surface area contributed by atoms with Gasteiger partial charge in [-0.2, -0.15) is 15.0 Å². The molecule has 2 aromatic heterocycles. The van der Waals surface area contributed by atoms with E-state index in [-0.39, 0.29) is 69.2 Å². The highest BCUT2D eigenvalue weighted by molar-refractivity contribution is 6.35. The van der Waals surface area contributed by atoms with Crippen LogP contribution in [0.25, 0.3) is 27.7 Å². The first-order chi connectivity index (χ1) is 20.7. The van der Waals surface area contributed by atoms with Crippen molar-refractivity contribution in [2.45, 2.75) is 19.6 Å². The maximum atomic E-state index is 15.4. The molecule has 0 aliphatic carbocycles. The van der Waals surface area contributed by atoms with Crippen molar-refractivity contribution in [3.8, 4) is 34.3 Å². The maximum Gasteiger partial charge on any atom is 0.355 e. The minimum atomic E-state index is -1.10. The number of halogens is 3. The van der Waals surface area contributed by atoms with Crippen molar-refractivity contribution >= 4 is 34.2 Å². The molecule has 1 amide bonds. The molecule has 0 N–H and O–H groups in total. The number of ether oxygens (including phenoxy) is 3. The van der Waals surface area contributed by atoms with Crippen LogP contribution >= 0.6 is 11.6 Å². The second kappa shape index (κ2) is 10.8. The molecule has 11 nitrogen and oxygen atoms in total. The molecule has 1 fully saturated rings. The van der Waals surface area contributed by atoms with Gasteiger partial charge >= 0.3 is 5.69 Å². The first-order valence-corrected chi connectivity index (χ1v) is 13.6. The van der Waals surface area contributed by atoms with Crippen LogP contribution in [0, 0.1) is 11.6 Å². The third-order valence-electron chi connectivity index (χ3n) is 7.62. The number of piperazine rings is 1. The lowest BCUT2D eigenvalue weighted by molar-refractivity contribution is -0.126. The van der Waals surface area contributed by atoms with E-state index in [1.807, 2.05) is 11.8 Å². The fourth-order valence-electron chi connectivity index (χ4n) is 5.68. The van der Waals surface area contributed by atoms with E-state index >= 15 is 4.39 Å². The number of hydrogen-bond acceptors (Lipinski definition) is 9. The van der Waals surface area contributed by atoms with Gasteiger partial charge in [0, 0.05) is 47.8 Å². The number of nitrogens with zero attached hydrogens (tertiary/aromatic N) is 6. The highest BCUT2D eigenvalue weighted by Crippen LogP contribution is 2.50. The minimum Gasteiger partial charge on any atom is -0.486 e. The standard InChI is InChI=1S/C29H25ClF2N6O5/c1-5-19(39)36-8-9-37(14(2)11-36)26-16-10-17(30)21-20-15(6-7-18(31)22(20)32)12-43-25(21)23(16)38(29(40)35-26)24-27(41-3)33-13-34-28(24)42-4/h5-7,10,13-14H,1,8-9,11-12H2,2-4H3/t14-/m0/s1. The minimum absolute atomic E-state index is 0.00754. The van der Waals surface area contributed by atoms with Crippen LogP contribution in [-0.4, -0.2) is 70.2 Å². The second-order valence-corrected chi connectivity index (χ2v) is 10.4. The van der Waals surface area contributed by atoms with Crippen LogP contribution < -0.4 is 24.8 Å². The molecule has 222 valence electrons. The first-order valence-electron chi connectivity index (χ1n) is 13.2. The third-order valence-corrected chi connectivity index (χ3v) is 7.92. The Kier molecular flexibility index (Phi) is 7.12. The van der Waals surface area contributed by atoms with Gasteiger partial charge in [0.05, 0.1) is 19.2 Å². The summed E-state index contributed by atoms with van der Waals surface area (Å²) in [5.41, 5.74) is -0.225. The lowest BCUT2D eigenvalue weighted by atomic mass is 9.94. The molecule has 6 rings (SSSR count). The zero-order valence-electron chi connectivity index (χ0n) is 23.4. The van der Waals surface area contributed by atoms with E-state index < -0.39 is 17.3 Å². The van der Waals surface area contributed by atoms with Crippen LogP contribution in [0.15, 0.2) is 42.0 Å². The fraction of sp³-hybridized carbons (Fsp3) is 0.276. The quantitative estimate of drug-likeness (QED) is 0.311. The molecule has 4 aromatic rings. The zero-order valence-corrected chi connectivity index (χ0v) is 24.1. The maximum absolute atomic E-state index is 15.4. The Bertz CT molecular complexity index is 1860. The van der Waals surface area contributed by atoms with Gasteiger partial charge in [0.25, 0.3) is 0 Å². The largest absolute Gasteiger partial charge is 0.486 e. The summed E-state index contributed by atoms with van der Waals surface area (Å²) in [5, 5.41) is 0.421. The van der Waals surface area contributed by atoms with Crippen molar-refractivity contribution in [3.05, 3.63) is 69.9 Å². The Morgan fingerprint density at radius 2 is 1.88 bits per heavy atom. The Labute approximate surface area is 248 Å². The molecule has 4 heterocycles. The van der Waals surface area contributed by atoms with Gasteiger partial charge in [-0.1, -0.05) is 24.2 Å². The first kappa shape index (κ1) is 28.3. The van der Waals surface area contributed by atoms with Gasteiger partial charge < -0.3 is 24.0 Å². The number of carbonyl (C=O) groups excluding carboxylic acids is 1. The third kappa shape index (κ3) is 4.42. The highest BCUT2D eigenvalue weighted by atomic mass is 35.5. The van der Waals surface area contributed by atoms with Crippen LogP contribution in [-0.2, 0) is 11.4 Å². The lowest BCUT2D eigenvalue weighted by Crippen LogP contribution is -2.54. The molecule has 0 radical (unpaired) electrons. The molecule has 1 atom stereocenters. The van der Waals surface area contributed by atoms with E-state index in [1.165, 1.54) is 38.8 Å². The predicted molar refractivity (Wildman–Crippen MR) is 154 cm³/mol. The van der Waals surface area contributed by atoms with Crippen molar-refractivity contribution < 1.29 is 27.8 Å². The fourth-order valence-corrected chi connectivity index (χ4v) is 5.96. The number of carbonyl (C=O) groups is 1. The molecular formula is C29H25ClF2N6O5. The van der Waals surface area contributed by atoms with Gasteiger partial charge in [0.15, 0.2) is 23.1 Å². The van der Waals surface area contributed by atoms with E-state index in [4.69, 9.17) is 25.8 Å². The summed E-state index contributed by atoms with van der Waals surface area (Å²) in [6, 6.07) is 3.71. The number of benzene rings is 2. The van der Waals surface area contributed by atoms with Crippen molar-refractivity contribution in [3.63, 3.8) is 0 Å². The van der Waals surface area contributed by atoms with E-state index in [1.54, 1.807) is 4.90 Å². The van der Waals surface area contributed by atoms with E-state index in [9.17, 15) is 14.0 Å². The monoisotopic (exact) mass is 610 g/mol. The zero-order chi connectivity index (χ0) is 30.6. The average Bonchev–Trinajstić information content (AvgIpc) is 3.01. The summed E-state index contributed by atoms with van der Waals surface area (Å²) in [7, 11) is 2.73. The smallest absolute Gasteiger partial charge is 0.355 e. The summed E-state index contributed by atoms with van der Waals surface area (Å²) in [6.07, 6.45) is 2.46. The van der Waals surface area contributed by atoms with Crippen molar-refractivity contribution in [2.75, 3.05) is 38.8 Å². The molecule has 0 unspecified atom stereocenters. The molecule has 2 aliphatic heterocycles. The van der Waals surface area contributed by atoms with Gasteiger partial charge in [-0.05, 0) is 25.1 Å². The lowest BCUT2D eigenvalue weighted by Gasteiger charge is -2.40. The van der Waals surface area contributed by atoms with E-state index in [0.717, 1.165) is 10.6 Å². The molecule has 1 saturated heterocycles. The van der Waals surface area contributed by atoms with Crippen molar-refractivity contribution in [1.29, 1.82) is 0 Å². The van der Waals surface area contributed by atoms with E-state index in [0.29, 0.717) is 30.6 Å². The Morgan fingerprint density at radius 1 is 1.16 bits per heavy atom. The number of aromatic nitrogens is 4. The summed E-state index contributed by atoms with van der Waals surface area (Å²) in [4.78, 5) is 42.6. The summed E-state index contributed by atoms with van der Waals surface area (Å²) in [6.45, 7) is 6.37. The van der Waals surface area contributed by atoms with Crippen molar-refractivity contribution in [1.82, 2.24) is 24.4 Å². The van der Waals surface area contributed by atoms with E-state index in [2.05, 4.69) is 21.5 Å². The van der Waals surface area contributed by atoms with Gasteiger partial charge in [0.2, 0.25) is 17.7 Å². The summed E-state index contributed by atoms with van der Waals surface area (Å²) >= 11 is 6.82. The molecule has 0 bridgehead atoms. The molecule has 0 spiro atoms. The molecule has 43 heavy (non-hydrogen) atoms. The predicted octanol–water partition coefficient (Wildman–Crippen LogP) is 3.91. The molecular weight excluding hydrogens is 586 g/mol. The number of rotatable bonds is 5. The van der Waals surface area contributed by atoms with Crippen LogP contribution in [0.4, 0.5) is 14.6 Å². The van der Waals surface area contributed by atoms with Gasteiger partial charge in [-0.15, -0.1) is 0 Å². The molecule has 2 aliphatic rings. The van der Waals surface area contributed by atoms with Gasteiger partial charge in [-0.25, -0.2) is 18.1 Å². The summed E-state index contributed by atoms with van der Waals surface area (Å²) < 4.78 is 48.1. The highest BCUT2D eigenvalue weighted by Gasteiger charge is 2.34. The van der Waals surface area contributed by atoms with Crippen LogP contribution in [0.2, 0.25) is 5.02 Å². The Hall–Kier alpha value is -4.78. The Morgan fingerprint density at radius 3 is 2.53 bits per heavy atom. The van der Waals surface area contributed by atoms with Crippen molar-refractivity contribution in [2.24, 2.45) is 0 Å². The summed E-state index contributed by atoms with van der Waals surface area (Å²) in [5.74, 6) is -2.08. The molecule has 14 heteroatoms. The topological polar surface area (TPSA) is 112 Å². The van der Waals surface area contributed by atoms with Crippen LogP contribution in [0.5, 0.6) is 17.5 Å². The van der Waals surface area contributed by atoms with Crippen LogP contribution in [0.1, 0.15) is 12.5 Å². The number of hydrogen-bond donors (Lipinski definition) is 0. The second-order valence-electron chi connectivity index (χ2n) is 9.97. The normalized spacial score (nSPS) is 15.9. The van der Waals surface area contributed by atoms with Gasteiger partial charge in [0.1, 0.15) is 24.3 Å². The van der Waals surface area contributed by atoms with Crippen LogP contribution in [0.3, 0.4) is 0 Å². The molecule has 0 saturated carbocycles. The average molecular weight is 611 g/mol. The number of methoxy groups -OCH3 is 2. The number of fused-ring (bicyclic) bond motifs is 5. The number of anilines is 1.